The first-order valence-corrected chi connectivity index (χ1v) is 6.52. The van der Waals surface area contributed by atoms with Crippen LogP contribution in [0.4, 0.5) is 0 Å². The Hall–Kier alpha value is -0.770. The fraction of sp³-hybridized carbons (Fsp3) is 0.231. The Bertz CT molecular complexity index is 484. The van der Waals surface area contributed by atoms with Crippen molar-refractivity contribution in [1.82, 2.24) is 5.32 Å². The monoisotopic (exact) mass is 313 g/mol. The number of hydrogen-bond acceptors (Lipinski definition) is 2. The standard InChI is InChI=1S/C13H13BrClNO/c1-16-13(8-10-3-2-6-17-10)9-4-5-11(14)12(15)7-9/h2-7,13,16H,8H2,1H3. The molecule has 2 nitrogen and oxygen atoms in total. The molecule has 1 aromatic heterocycles. The van der Waals surface area contributed by atoms with Crippen molar-refractivity contribution >= 4 is 27.5 Å². The summed E-state index contributed by atoms with van der Waals surface area (Å²) < 4.78 is 6.27. The minimum absolute atomic E-state index is 0.201. The molecule has 0 aliphatic rings. The molecule has 1 aromatic carbocycles. The molecule has 1 N–H and O–H groups in total. The van der Waals surface area contributed by atoms with Gasteiger partial charge in [-0.3, -0.25) is 0 Å². The van der Waals surface area contributed by atoms with Crippen LogP contribution in [0, 0.1) is 0 Å². The molecule has 17 heavy (non-hydrogen) atoms. The highest BCUT2D eigenvalue weighted by Crippen LogP contribution is 2.27. The van der Waals surface area contributed by atoms with E-state index in [1.165, 1.54) is 0 Å². The lowest BCUT2D eigenvalue weighted by molar-refractivity contribution is 0.466. The lowest BCUT2D eigenvalue weighted by Gasteiger charge is -2.16. The summed E-state index contributed by atoms with van der Waals surface area (Å²) in [5.74, 6) is 0.961. The molecular formula is C13H13BrClNO. The third-order valence-electron chi connectivity index (χ3n) is 2.68. The maximum absolute atomic E-state index is 6.10. The molecule has 4 heteroatoms. The third kappa shape index (κ3) is 3.12. The molecule has 1 unspecified atom stereocenters. The van der Waals surface area contributed by atoms with Crippen molar-refractivity contribution in [2.45, 2.75) is 12.5 Å². The Balaban J connectivity index is 2.20. The molecule has 0 aliphatic carbocycles. The summed E-state index contributed by atoms with van der Waals surface area (Å²) in [6.45, 7) is 0. The first-order chi connectivity index (χ1) is 8.20. The van der Waals surface area contributed by atoms with Gasteiger partial charge in [-0.2, -0.15) is 0 Å². The average molecular weight is 315 g/mol. The molecule has 0 saturated heterocycles. The smallest absolute Gasteiger partial charge is 0.105 e. The molecule has 0 spiro atoms. The van der Waals surface area contributed by atoms with E-state index in [1.807, 2.05) is 31.3 Å². The number of benzene rings is 1. The van der Waals surface area contributed by atoms with E-state index in [-0.39, 0.29) is 6.04 Å². The van der Waals surface area contributed by atoms with E-state index in [0.717, 1.165) is 27.2 Å². The second-order valence-electron chi connectivity index (χ2n) is 3.80. The maximum Gasteiger partial charge on any atom is 0.105 e. The number of hydrogen-bond donors (Lipinski definition) is 1. The lowest BCUT2D eigenvalue weighted by Crippen LogP contribution is -2.18. The van der Waals surface area contributed by atoms with Gasteiger partial charge in [0.25, 0.3) is 0 Å². The van der Waals surface area contributed by atoms with Gasteiger partial charge in [-0.15, -0.1) is 0 Å². The summed E-state index contributed by atoms with van der Waals surface area (Å²) in [6, 6.07) is 10.1. The van der Waals surface area contributed by atoms with Crippen LogP contribution in [0.5, 0.6) is 0 Å². The minimum atomic E-state index is 0.201. The molecule has 0 amide bonds. The van der Waals surface area contributed by atoms with E-state index in [9.17, 15) is 0 Å². The molecule has 0 bridgehead atoms. The van der Waals surface area contributed by atoms with Gasteiger partial charge in [-0.1, -0.05) is 17.7 Å². The molecular weight excluding hydrogens is 302 g/mol. The first kappa shape index (κ1) is 12.7. The minimum Gasteiger partial charge on any atom is -0.469 e. The van der Waals surface area contributed by atoms with E-state index >= 15 is 0 Å². The summed E-state index contributed by atoms with van der Waals surface area (Å²) in [6.07, 6.45) is 2.50. The molecule has 0 radical (unpaired) electrons. The molecule has 2 rings (SSSR count). The van der Waals surface area contributed by atoms with Crippen LogP contribution in [-0.2, 0) is 6.42 Å². The fourth-order valence-electron chi connectivity index (χ4n) is 1.75. The van der Waals surface area contributed by atoms with Crippen LogP contribution in [0.1, 0.15) is 17.4 Å². The predicted molar refractivity (Wildman–Crippen MR) is 73.4 cm³/mol. The highest BCUT2D eigenvalue weighted by molar-refractivity contribution is 9.10. The fourth-order valence-corrected chi connectivity index (χ4v) is 2.18. The van der Waals surface area contributed by atoms with Crippen molar-refractivity contribution in [3.8, 4) is 0 Å². The SMILES string of the molecule is CNC(Cc1ccco1)c1ccc(Br)c(Cl)c1. The lowest BCUT2D eigenvalue weighted by atomic mass is 10.0. The molecule has 1 heterocycles. The van der Waals surface area contributed by atoms with E-state index in [0.29, 0.717) is 0 Å². The zero-order valence-corrected chi connectivity index (χ0v) is 11.8. The number of nitrogens with one attached hydrogen (secondary N) is 1. The number of likely N-dealkylation sites (N-methyl/N-ethyl adjacent to an activating group) is 1. The van der Waals surface area contributed by atoms with Gasteiger partial charge in [-0.25, -0.2) is 0 Å². The van der Waals surface area contributed by atoms with Gasteiger partial charge in [0.15, 0.2) is 0 Å². The van der Waals surface area contributed by atoms with E-state index in [2.05, 4.69) is 27.3 Å². The molecule has 0 saturated carbocycles. The maximum atomic E-state index is 6.10. The van der Waals surface area contributed by atoms with Gasteiger partial charge in [0.1, 0.15) is 5.76 Å². The van der Waals surface area contributed by atoms with Crippen molar-refractivity contribution in [2.75, 3.05) is 7.05 Å². The van der Waals surface area contributed by atoms with Crippen LogP contribution in [-0.4, -0.2) is 7.05 Å². The van der Waals surface area contributed by atoms with E-state index in [1.54, 1.807) is 6.26 Å². The quantitative estimate of drug-likeness (QED) is 0.915. The zero-order chi connectivity index (χ0) is 12.3. The second kappa shape index (κ2) is 5.71. The number of halogens is 2. The Morgan fingerprint density at radius 2 is 2.24 bits per heavy atom. The van der Waals surface area contributed by atoms with Crippen molar-refractivity contribution in [3.63, 3.8) is 0 Å². The molecule has 1 atom stereocenters. The van der Waals surface area contributed by atoms with Crippen LogP contribution in [0.2, 0.25) is 5.02 Å². The molecule has 90 valence electrons. The van der Waals surface area contributed by atoms with Crippen LogP contribution in [0.3, 0.4) is 0 Å². The molecule has 0 fully saturated rings. The molecule has 2 aromatic rings. The number of rotatable bonds is 4. The summed E-state index contributed by atoms with van der Waals surface area (Å²) in [4.78, 5) is 0. The topological polar surface area (TPSA) is 25.2 Å². The van der Waals surface area contributed by atoms with Gasteiger partial charge in [-0.05, 0) is 52.8 Å². The second-order valence-corrected chi connectivity index (χ2v) is 5.06. The number of furan rings is 1. The summed E-state index contributed by atoms with van der Waals surface area (Å²) in [5.41, 5.74) is 1.15. The summed E-state index contributed by atoms with van der Waals surface area (Å²) in [7, 11) is 1.93. The van der Waals surface area contributed by atoms with Crippen LogP contribution < -0.4 is 5.32 Å². The van der Waals surface area contributed by atoms with Crippen LogP contribution in [0.15, 0.2) is 45.5 Å². The van der Waals surface area contributed by atoms with Gasteiger partial charge in [0.05, 0.1) is 11.3 Å². The highest BCUT2D eigenvalue weighted by Gasteiger charge is 2.12. The average Bonchev–Trinajstić information content (AvgIpc) is 2.82. The van der Waals surface area contributed by atoms with Crippen LogP contribution in [0.25, 0.3) is 0 Å². The Labute approximate surface area is 114 Å². The highest BCUT2D eigenvalue weighted by atomic mass is 79.9. The predicted octanol–water partition coefficient (Wildman–Crippen LogP) is 4.20. The van der Waals surface area contributed by atoms with Crippen LogP contribution >= 0.6 is 27.5 Å². The first-order valence-electron chi connectivity index (χ1n) is 5.35. The van der Waals surface area contributed by atoms with Crippen molar-refractivity contribution in [2.24, 2.45) is 0 Å². The van der Waals surface area contributed by atoms with Crippen molar-refractivity contribution in [1.29, 1.82) is 0 Å². The Morgan fingerprint density at radius 3 is 2.82 bits per heavy atom. The molecule has 0 aliphatic heterocycles. The van der Waals surface area contributed by atoms with Gasteiger partial charge >= 0.3 is 0 Å². The normalized spacial score (nSPS) is 12.6. The largest absolute Gasteiger partial charge is 0.469 e. The van der Waals surface area contributed by atoms with Crippen molar-refractivity contribution in [3.05, 3.63) is 57.4 Å². The van der Waals surface area contributed by atoms with Gasteiger partial charge in [0.2, 0.25) is 0 Å². The third-order valence-corrected chi connectivity index (χ3v) is 3.91. The van der Waals surface area contributed by atoms with Gasteiger partial charge < -0.3 is 9.73 Å². The van der Waals surface area contributed by atoms with Gasteiger partial charge in [0, 0.05) is 16.9 Å². The van der Waals surface area contributed by atoms with E-state index < -0.39 is 0 Å². The Morgan fingerprint density at radius 1 is 1.41 bits per heavy atom. The van der Waals surface area contributed by atoms with Crippen molar-refractivity contribution < 1.29 is 4.42 Å². The summed E-state index contributed by atoms with van der Waals surface area (Å²) >= 11 is 9.49. The zero-order valence-electron chi connectivity index (χ0n) is 9.41. The van der Waals surface area contributed by atoms with E-state index in [4.69, 9.17) is 16.0 Å². The summed E-state index contributed by atoms with van der Waals surface area (Å²) in [5, 5.41) is 3.99. The Kier molecular flexibility index (Phi) is 4.26.